The van der Waals surface area contributed by atoms with E-state index >= 15 is 0 Å². The van der Waals surface area contributed by atoms with Gasteiger partial charge in [0.1, 0.15) is 12.1 Å². The molecule has 1 aliphatic rings. The van der Waals surface area contributed by atoms with Crippen molar-refractivity contribution in [1.82, 2.24) is 16.0 Å². The molecule has 0 radical (unpaired) electrons. The number of carboxylic acid groups (broad SMARTS) is 1. The molecule has 3 atom stereocenters. The number of unbranched alkanes of at least 4 members (excludes halogenated alkanes) is 1. The van der Waals surface area contributed by atoms with Crippen LogP contribution in [0.2, 0.25) is 0 Å². The third-order valence-electron chi connectivity index (χ3n) is 7.74. The quantitative estimate of drug-likeness (QED) is 0.0919. The minimum atomic E-state index is -3.54. The summed E-state index contributed by atoms with van der Waals surface area (Å²) in [6.45, 7) is 3.17. The highest BCUT2D eigenvalue weighted by atomic mass is 32.2. The summed E-state index contributed by atoms with van der Waals surface area (Å²) in [5.41, 5.74) is 5.29. The predicted molar refractivity (Wildman–Crippen MR) is 167 cm³/mol. The molecule has 0 aliphatic heterocycles. The molecule has 1 aromatic rings. The lowest BCUT2D eigenvalue weighted by atomic mass is 9.76. The minimum Gasteiger partial charge on any atom is -0.481 e. The molecule has 252 valence electrons. The van der Waals surface area contributed by atoms with E-state index in [9.17, 15) is 37.5 Å². The number of esters is 1. The Morgan fingerprint density at radius 1 is 1.07 bits per heavy atom. The van der Waals surface area contributed by atoms with Crippen LogP contribution in [0.1, 0.15) is 70.8 Å². The summed E-state index contributed by atoms with van der Waals surface area (Å²) < 4.78 is 30.9. The van der Waals surface area contributed by atoms with Crippen molar-refractivity contribution < 1.29 is 42.2 Å². The van der Waals surface area contributed by atoms with Crippen LogP contribution in [0, 0.1) is 11.3 Å². The molecular formula is C30H47N5O9S. The Hall–Kier alpha value is -3.72. The molecule has 1 saturated carbocycles. The number of carbonyl (C=O) groups excluding carboxylic acids is 4. The zero-order chi connectivity index (χ0) is 33.6. The molecule has 7 N–H and O–H groups in total. The first-order chi connectivity index (χ1) is 21.2. The number of carbonyl (C=O) groups is 5. The van der Waals surface area contributed by atoms with E-state index in [1.165, 1.54) is 6.92 Å². The number of hydrogen-bond donors (Lipinski definition) is 6. The topological polar surface area (TPSA) is 223 Å². The van der Waals surface area contributed by atoms with Gasteiger partial charge in [0.25, 0.3) is 0 Å². The number of rotatable bonds is 19. The van der Waals surface area contributed by atoms with Gasteiger partial charge in [-0.25, -0.2) is 13.2 Å². The van der Waals surface area contributed by atoms with Gasteiger partial charge in [0.05, 0.1) is 24.2 Å². The second-order valence-corrected chi connectivity index (χ2v) is 13.3. The van der Waals surface area contributed by atoms with Crippen LogP contribution in [0.25, 0.3) is 0 Å². The average Bonchev–Trinajstić information content (AvgIpc) is 3.43. The molecule has 15 heteroatoms. The van der Waals surface area contributed by atoms with Crippen LogP contribution in [-0.4, -0.2) is 81.2 Å². The van der Waals surface area contributed by atoms with Gasteiger partial charge in [-0.1, -0.05) is 25.0 Å². The Kier molecular flexibility index (Phi) is 14.7. The predicted octanol–water partition coefficient (Wildman–Crippen LogP) is 1.05. The number of amides is 3. The van der Waals surface area contributed by atoms with Gasteiger partial charge in [-0.2, -0.15) is 0 Å². The number of nitrogens with one attached hydrogen (secondary N) is 4. The lowest BCUT2D eigenvalue weighted by Gasteiger charge is -2.32. The molecule has 2 rings (SSSR count). The van der Waals surface area contributed by atoms with Gasteiger partial charge >= 0.3 is 11.9 Å². The lowest BCUT2D eigenvalue weighted by molar-refractivity contribution is -0.150. The maximum Gasteiger partial charge on any atom is 0.328 e. The first-order valence-corrected chi connectivity index (χ1v) is 17.1. The molecule has 1 fully saturated rings. The minimum absolute atomic E-state index is 0.00699. The largest absolute Gasteiger partial charge is 0.481 e. The van der Waals surface area contributed by atoms with E-state index < -0.39 is 63.1 Å². The van der Waals surface area contributed by atoms with Gasteiger partial charge in [0.2, 0.25) is 27.7 Å². The van der Waals surface area contributed by atoms with Crippen molar-refractivity contribution in [3.05, 3.63) is 29.8 Å². The van der Waals surface area contributed by atoms with Crippen molar-refractivity contribution in [2.45, 2.75) is 83.7 Å². The van der Waals surface area contributed by atoms with E-state index in [2.05, 4.69) is 20.7 Å². The molecule has 0 spiro atoms. The molecule has 1 aromatic carbocycles. The molecule has 45 heavy (non-hydrogen) atoms. The van der Waals surface area contributed by atoms with Gasteiger partial charge in [-0.15, -0.1) is 0 Å². The first-order valence-electron chi connectivity index (χ1n) is 15.2. The smallest absolute Gasteiger partial charge is 0.328 e. The van der Waals surface area contributed by atoms with Crippen molar-refractivity contribution in [2.24, 2.45) is 17.1 Å². The number of hydrogen-bond acceptors (Lipinski definition) is 9. The van der Waals surface area contributed by atoms with Gasteiger partial charge in [-0.05, 0) is 69.7 Å². The van der Waals surface area contributed by atoms with E-state index in [0.29, 0.717) is 62.7 Å². The molecular weight excluding hydrogens is 606 g/mol. The van der Waals surface area contributed by atoms with Gasteiger partial charge in [-0.3, -0.25) is 23.9 Å². The van der Waals surface area contributed by atoms with Crippen molar-refractivity contribution in [3.63, 3.8) is 0 Å². The summed E-state index contributed by atoms with van der Waals surface area (Å²) in [4.78, 5) is 63.6. The van der Waals surface area contributed by atoms with Crippen molar-refractivity contribution >= 4 is 45.4 Å². The number of carboxylic acids is 1. The molecule has 0 heterocycles. The fraction of sp³-hybridized carbons (Fsp3) is 0.633. The number of benzene rings is 1. The van der Waals surface area contributed by atoms with Crippen LogP contribution in [0.4, 0.5) is 5.69 Å². The van der Waals surface area contributed by atoms with E-state index in [4.69, 9.17) is 10.5 Å². The van der Waals surface area contributed by atoms with Gasteiger partial charge in [0, 0.05) is 25.6 Å². The highest BCUT2D eigenvalue weighted by Crippen LogP contribution is 2.43. The third-order valence-corrected chi connectivity index (χ3v) is 8.35. The Morgan fingerprint density at radius 3 is 2.33 bits per heavy atom. The van der Waals surface area contributed by atoms with Crippen molar-refractivity contribution in [1.29, 1.82) is 0 Å². The second kappa shape index (κ2) is 17.7. The lowest BCUT2D eigenvalue weighted by Crippen LogP contribution is -2.51. The number of nitrogens with two attached hydrogens (primary N) is 1. The fourth-order valence-corrected chi connectivity index (χ4v) is 6.16. The second-order valence-electron chi connectivity index (χ2n) is 11.6. The molecule has 3 amide bonds. The summed E-state index contributed by atoms with van der Waals surface area (Å²) in [5, 5.41) is 18.1. The number of aliphatic carboxylic acids is 1. The number of ether oxygens (including phenoxy) is 1. The molecule has 0 saturated heterocycles. The van der Waals surface area contributed by atoms with Gasteiger partial charge in [0.15, 0.2) is 0 Å². The number of anilines is 1. The van der Waals surface area contributed by atoms with E-state index in [-0.39, 0.29) is 26.0 Å². The Bertz CT molecular complexity index is 1300. The normalized spacial score (nSPS) is 16.1. The van der Waals surface area contributed by atoms with Crippen LogP contribution in [0.3, 0.4) is 0 Å². The SMILES string of the molecule is CCOC(=O)[C@@H](Cc1cccc(NS(C)(=O)=O)c1)NC(=O)C1(C[C@@H](CNC(=O)[C@H](CCCCN)NC(C)=O)C(=O)O)CCCC1. The summed E-state index contributed by atoms with van der Waals surface area (Å²) in [7, 11) is -3.54. The maximum absolute atomic E-state index is 13.9. The zero-order valence-electron chi connectivity index (χ0n) is 26.2. The Labute approximate surface area is 264 Å². The van der Waals surface area contributed by atoms with Crippen LogP contribution >= 0.6 is 0 Å². The maximum atomic E-state index is 13.9. The van der Waals surface area contributed by atoms with E-state index in [1.807, 2.05) is 0 Å². The molecule has 0 bridgehead atoms. The van der Waals surface area contributed by atoms with Crippen LogP contribution in [0.15, 0.2) is 24.3 Å². The zero-order valence-corrected chi connectivity index (χ0v) is 27.0. The molecule has 0 aromatic heterocycles. The van der Waals surface area contributed by atoms with Crippen LogP contribution < -0.4 is 26.4 Å². The van der Waals surface area contributed by atoms with Crippen molar-refractivity contribution in [2.75, 3.05) is 30.7 Å². The molecule has 0 unspecified atom stereocenters. The highest BCUT2D eigenvalue weighted by molar-refractivity contribution is 7.92. The molecule has 14 nitrogen and oxygen atoms in total. The average molecular weight is 654 g/mol. The first kappa shape index (κ1) is 37.5. The Morgan fingerprint density at radius 2 is 1.76 bits per heavy atom. The summed E-state index contributed by atoms with van der Waals surface area (Å²) in [6, 6.07) is 4.45. The summed E-state index contributed by atoms with van der Waals surface area (Å²) >= 11 is 0. The summed E-state index contributed by atoms with van der Waals surface area (Å²) in [5.74, 6) is -4.38. The van der Waals surface area contributed by atoms with E-state index in [1.54, 1.807) is 31.2 Å². The van der Waals surface area contributed by atoms with E-state index in [0.717, 1.165) is 6.26 Å². The standard InChI is InChI=1S/C30H47N5O9S/c1-4-44-28(40)25(17-21-10-9-11-23(16-21)35-45(3,42)43)34-29(41)30(13-6-7-14-30)18-22(27(38)39)19-32-26(37)24(33-20(2)36)12-5-8-15-31/h9-11,16,22,24-25,35H,4-8,12-15,17-19,31H2,1-3H3,(H,32,37)(H,33,36)(H,34,41)(H,38,39)/t22-,24-,25+/m0/s1. The Balaban J connectivity index is 2.22. The third kappa shape index (κ3) is 12.7. The highest BCUT2D eigenvalue weighted by Gasteiger charge is 2.45. The number of sulfonamides is 1. The van der Waals surface area contributed by atoms with Crippen LogP contribution in [0.5, 0.6) is 0 Å². The summed E-state index contributed by atoms with van der Waals surface area (Å²) in [6.07, 6.45) is 4.71. The van der Waals surface area contributed by atoms with Crippen molar-refractivity contribution in [3.8, 4) is 0 Å². The monoisotopic (exact) mass is 653 g/mol. The van der Waals surface area contributed by atoms with Crippen LogP contribution in [-0.2, 0) is 45.2 Å². The van der Waals surface area contributed by atoms with Gasteiger partial charge < -0.3 is 31.5 Å². The molecule has 1 aliphatic carbocycles. The fourth-order valence-electron chi connectivity index (χ4n) is 5.61.